The van der Waals surface area contributed by atoms with E-state index < -0.39 is 17.1 Å². The first kappa shape index (κ1) is 9.43. The predicted molar refractivity (Wildman–Crippen MR) is 36.9 cm³/mol. The van der Waals surface area contributed by atoms with Gasteiger partial charge in [-0.15, -0.1) is 0 Å². The molecule has 58 valence electrons. The molecular formula is C6H9ClO3. The number of halogens is 1. The standard InChI is InChI=1S/C6H9ClO3/c1-4(6(9)10)2-3-5(7)8/h4H,2-3H2,1H3,(H,9,10). The largest absolute Gasteiger partial charge is 0.481 e. The third-order valence-electron chi connectivity index (χ3n) is 1.20. The Bertz CT molecular complexity index is 144. The van der Waals surface area contributed by atoms with Gasteiger partial charge >= 0.3 is 5.97 Å². The van der Waals surface area contributed by atoms with E-state index in [9.17, 15) is 9.59 Å². The van der Waals surface area contributed by atoms with E-state index >= 15 is 0 Å². The molecule has 4 heteroatoms. The molecule has 0 rings (SSSR count). The van der Waals surface area contributed by atoms with E-state index in [1.54, 1.807) is 6.92 Å². The van der Waals surface area contributed by atoms with E-state index in [1.165, 1.54) is 0 Å². The molecule has 1 atom stereocenters. The van der Waals surface area contributed by atoms with Crippen LogP contribution in [0, 0.1) is 5.92 Å². The lowest BCUT2D eigenvalue weighted by atomic mass is 10.1. The van der Waals surface area contributed by atoms with E-state index in [4.69, 9.17) is 16.7 Å². The Balaban J connectivity index is 3.49. The summed E-state index contributed by atoms with van der Waals surface area (Å²) in [6, 6.07) is 0. The Labute approximate surface area is 64.0 Å². The molecule has 0 aliphatic heterocycles. The van der Waals surface area contributed by atoms with Gasteiger partial charge in [0.1, 0.15) is 0 Å². The Kier molecular flexibility index (Phi) is 4.03. The molecular weight excluding hydrogens is 156 g/mol. The van der Waals surface area contributed by atoms with Crippen LogP contribution in [-0.2, 0) is 9.59 Å². The third kappa shape index (κ3) is 4.32. The summed E-state index contributed by atoms with van der Waals surface area (Å²) in [6.45, 7) is 1.54. The number of carbonyl (C=O) groups is 2. The highest BCUT2D eigenvalue weighted by Gasteiger charge is 2.11. The Morgan fingerprint density at radius 1 is 1.60 bits per heavy atom. The van der Waals surface area contributed by atoms with Gasteiger partial charge in [0.2, 0.25) is 5.24 Å². The fourth-order valence-electron chi connectivity index (χ4n) is 0.453. The number of carbonyl (C=O) groups excluding carboxylic acids is 1. The Morgan fingerprint density at radius 2 is 2.10 bits per heavy atom. The molecule has 0 aliphatic rings. The first-order valence-electron chi connectivity index (χ1n) is 2.95. The number of carboxylic acids is 1. The molecule has 0 aliphatic carbocycles. The highest BCUT2D eigenvalue weighted by atomic mass is 35.5. The highest BCUT2D eigenvalue weighted by molar-refractivity contribution is 6.63. The summed E-state index contributed by atoms with van der Waals surface area (Å²) in [7, 11) is 0. The molecule has 0 aromatic rings. The lowest BCUT2D eigenvalue weighted by Crippen LogP contribution is -2.09. The summed E-state index contributed by atoms with van der Waals surface area (Å²) in [6.07, 6.45) is 0.451. The molecule has 0 fully saturated rings. The zero-order chi connectivity index (χ0) is 8.15. The van der Waals surface area contributed by atoms with Crippen LogP contribution < -0.4 is 0 Å². The number of carboxylic acid groups (broad SMARTS) is 1. The zero-order valence-electron chi connectivity index (χ0n) is 5.63. The van der Waals surface area contributed by atoms with Crippen LogP contribution in [0.3, 0.4) is 0 Å². The van der Waals surface area contributed by atoms with Crippen LogP contribution in [0.1, 0.15) is 19.8 Å². The van der Waals surface area contributed by atoms with Crippen molar-refractivity contribution in [3.63, 3.8) is 0 Å². The van der Waals surface area contributed by atoms with Gasteiger partial charge in [0, 0.05) is 6.42 Å². The van der Waals surface area contributed by atoms with Crippen molar-refractivity contribution in [2.75, 3.05) is 0 Å². The van der Waals surface area contributed by atoms with E-state index in [2.05, 4.69) is 0 Å². The van der Waals surface area contributed by atoms with E-state index in [1.807, 2.05) is 0 Å². The van der Waals surface area contributed by atoms with Crippen LogP contribution in [0.5, 0.6) is 0 Å². The van der Waals surface area contributed by atoms with Crippen molar-refractivity contribution in [2.24, 2.45) is 5.92 Å². The molecule has 1 unspecified atom stereocenters. The van der Waals surface area contributed by atoms with Gasteiger partial charge in [-0.2, -0.15) is 0 Å². The van der Waals surface area contributed by atoms with Gasteiger partial charge in [0.05, 0.1) is 5.92 Å². The van der Waals surface area contributed by atoms with Gasteiger partial charge in [-0.05, 0) is 18.0 Å². The van der Waals surface area contributed by atoms with E-state index in [0.717, 1.165) is 0 Å². The summed E-state index contributed by atoms with van der Waals surface area (Å²) in [5.41, 5.74) is 0. The minimum absolute atomic E-state index is 0.134. The minimum atomic E-state index is -0.891. The average Bonchev–Trinajstić information content (AvgIpc) is 1.82. The molecule has 3 nitrogen and oxygen atoms in total. The van der Waals surface area contributed by atoms with Crippen molar-refractivity contribution >= 4 is 22.8 Å². The van der Waals surface area contributed by atoms with Crippen LogP contribution in [0.15, 0.2) is 0 Å². The highest BCUT2D eigenvalue weighted by Crippen LogP contribution is 2.06. The van der Waals surface area contributed by atoms with Crippen molar-refractivity contribution in [3.8, 4) is 0 Å². The monoisotopic (exact) mass is 164 g/mol. The Hall–Kier alpha value is -0.570. The number of rotatable bonds is 4. The quantitative estimate of drug-likeness (QED) is 0.637. The van der Waals surface area contributed by atoms with Crippen LogP contribution >= 0.6 is 11.6 Å². The molecule has 0 bridgehead atoms. The molecule has 1 N–H and O–H groups in total. The fourth-order valence-corrected chi connectivity index (χ4v) is 0.563. The molecule has 0 spiro atoms. The molecule has 0 heterocycles. The van der Waals surface area contributed by atoms with Crippen molar-refractivity contribution in [1.82, 2.24) is 0 Å². The maximum Gasteiger partial charge on any atom is 0.306 e. The van der Waals surface area contributed by atoms with E-state index in [-0.39, 0.29) is 6.42 Å². The molecule has 0 aromatic carbocycles. The maximum atomic E-state index is 10.2. The summed E-state index contributed by atoms with van der Waals surface area (Å²) in [5.74, 6) is -1.37. The average molecular weight is 165 g/mol. The van der Waals surface area contributed by atoms with Crippen LogP contribution in [0.2, 0.25) is 0 Å². The molecule has 0 saturated heterocycles. The second-order valence-corrected chi connectivity index (χ2v) is 2.55. The summed E-state index contributed by atoms with van der Waals surface area (Å²) in [5, 5.41) is 7.86. The summed E-state index contributed by atoms with van der Waals surface area (Å²) in [4.78, 5) is 20.3. The van der Waals surface area contributed by atoms with Crippen molar-refractivity contribution in [3.05, 3.63) is 0 Å². The van der Waals surface area contributed by atoms with Crippen LogP contribution in [0.25, 0.3) is 0 Å². The third-order valence-corrected chi connectivity index (χ3v) is 1.38. The molecule has 0 radical (unpaired) electrons. The van der Waals surface area contributed by atoms with Crippen LogP contribution in [-0.4, -0.2) is 16.3 Å². The smallest absolute Gasteiger partial charge is 0.306 e. The van der Waals surface area contributed by atoms with Crippen LogP contribution in [0.4, 0.5) is 0 Å². The topological polar surface area (TPSA) is 54.4 Å². The minimum Gasteiger partial charge on any atom is -0.481 e. The lowest BCUT2D eigenvalue weighted by molar-refractivity contribution is -0.141. The molecule has 0 amide bonds. The molecule has 0 aromatic heterocycles. The van der Waals surface area contributed by atoms with Crippen molar-refractivity contribution in [1.29, 1.82) is 0 Å². The van der Waals surface area contributed by atoms with Crippen molar-refractivity contribution in [2.45, 2.75) is 19.8 Å². The molecule has 0 saturated carbocycles. The summed E-state index contributed by atoms with van der Waals surface area (Å²) >= 11 is 4.99. The second kappa shape index (κ2) is 4.28. The van der Waals surface area contributed by atoms with E-state index in [0.29, 0.717) is 6.42 Å². The van der Waals surface area contributed by atoms with Gasteiger partial charge in [0.25, 0.3) is 0 Å². The predicted octanol–water partition coefficient (Wildman–Crippen LogP) is 1.25. The first-order chi connectivity index (χ1) is 4.54. The lowest BCUT2D eigenvalue weighted by Gasteiger charge is -2.00. The number of hydrogen-bond donors (Lipinski definition) is 1. The first-order valence-corrected chi connectivity index (χ1v) is 3.33. The second-order valence-electron chi connectivity index (χ2n) is 2.13. The van der Waals surface area contributed by atoms with Gasteiger partial charge in [0.15, 0.2) is 0 Å². The van der Waals surface area contributed by atoms with Gasteiger partial charge in [-0.3, -0.25) is 9.59 Å². The van der Waals surface area contributed by atoms with Gasteiger partial charge in [-0.25, -0.2) is 0 Å². The fraction of sp³-hybridized carbons (Fsp3) is 0.667. The summed E-state index contributed by atoms with van der Waals surface area (Å²) < 4.78 is 0. The Morgan fingerprint density at radius 3 is 2.40 bits per heavy atom. The van der Waals surface area contributed by atoms with Gasteiger partial charge in [-0.1, -0.05) is 6.92 Å². The normalized spacial score (nSPS) is 12.6. The number of aliphatic carboxylic acids is 1. The maximum absolute atomic E-state index is 10.2. The zero-order valence-corrected chi connectivity index (χ0v) is 6.39. The number of hydrogen-bond acceptors (Lipinski definition) is 2. The SMILES string of the molecule is CC(CCC(=O)Cl)C(=O)O. The van der Waals surface area contributed by atoms with Gasteiger partial charge < -0.3 is 5.11 Å². The van der Waals surface area contributed by atoms with Crippen molar-refractivity contribution < 1.29 is 14.7 Å². The molecule has 10 heavy (non-hydrogen) atoms.